The number of esters is 2. The molecule has 6 rings (SSSR count). The second-order valence-electron chi connectivity index (χ2n) is 11.1. The topological polar surface area (TPSA) is 62.3 Å². The van der Waals surface area contributed by atoms with Crippen LogP contribution in [0.4, 0.5) is 17.1 Å². The molecule has 1 fully saturated rings. The molecule has 4 aromatic rings. The lowest BCUT2D eigenvalue weighted by molar-refractivity contribution is -0.0345. The second kappa shape index (κ2) is 11.6. The van der Waals surface area contributed by atoms with E-state index in [1.54, 1.807) is 24.3 Å². The van der Waals surface area contributed by atoms with E-state index in [0.29, 0.717) is 11.1 Å². The van der Waals surface area contributed by atoms with Crippen molar-refractivity contribution in [3.8, 4) is 0 Å². The summed E-state index contributed by atoms with van der Waals surface area (Å²) in [4.78, 5) is 33.3. The summed E-state index contributed by atoms with van der Waals surface area (Å²) >= 11 is 1.97. The molecule has 0 saturated carbocycles. The fraction of sp³-hybridized carbons (Fsp3) is 0.294. The lowest BCUT2D eigenvalue weighted by atomic mass is 10.0. The molecule has 8 heteroatoms. The summed E-state index contributed by atoms with van der Waals surface area (Å²) in [6.45, 7) is 1.96. The van der Waals surface area contributed by atoms with Gasteiger partial charge in [-0.1, -0.05) is 24.3 Å². The molecule has 4 aromatic carbocycles. The number of benzene rings is 4. The van der Waals surface area contributed by atoms with Gasteiger partial charge in [0.2, 0.25) is 0 Å². The van der Waals surface area contributed by atoms with E-state index in [-0.39, 0.29) is 0 Å². The first kappa shape index (κ1) is 28.0. The monoisotopic (exact) mass is 581 g/mol. The molecule has 1 aliphatic carbocycles. The maximum absolute atomic E-state index is 13.5. The minimum Gasteiger partial charge on any atom is -0.449 e. The van der Waals surface area contributed by atoms with Gasteiger partial charge in [0.05, 0.1) is 11.1 Å². The molecule has 0 N–H and O–H groups in total. The third-order valence-electron chi connectivity index (χ3n) is 8.03. The standard InChI is InChI=1S/C34H35N3O4S/c1-35(2)24-12-8-22(9-13-24)33(38)40-31-27-7-5-6-26-29(37-18-20-42-21-19-37)17-16-28(30(26)27)32(31)41-34(39)23-10-14-25(15-11-23)36(3)4/h5-17,31-32H,18-21H2,1-4H3/t31-,32-/m0/s1. The van der Waals surface area contributed by atoms with Crippen molar-refractivity contribution in [1.82, 2.24) is 0 Å². The van der Waals surface area contributed by atoms with Gasteiger partial charge in [-0.05, 0) is 60.0 Å². The number of rotatable bonds is 7. The van der Waals surface area contributed by atoms with Crippen LogP contribution < -0.4 is 14.7 Å². The number of carbonyl (C=O) groups is 2. The maximum Gasteiger partial charge on any atom is 0.338 e. The molecule has 2 aliphatic rings. The summed E-state index contributed by atoms with van der Waals surface area (Å²) in [7, 11) is 7.81. The van der Waals surface area contributed by atoms with Gasteiger partial charge in [-0.3, -0.25) is 0 Å². The number of carbonyl (C=O) groups excluding carboxylic acids is 2. The predicted octanol–water partition coefficient (Wildman–Crippen LogP) is 6.33. The highest BCUT2D eigenvalue weighted by Gasteiger charge is 2.41. The van der Waals surface area contributed by atoms with Gasteiger partial charge in [0.25, 0.3) is 0 Å². The van der Waals surface area contributed by atoms with Gasteiger partial charge >= 0.3 is 11.9 Å². The fourth-order valence-corrected chi connectivity index (χ4v) is 6.64. The molecule has 0 unspecified atom stereocenters. The number of anilines is 3. The molecule has 216 valence electrons. The summed E-state index contributed by atoms with van der Waals surface area (Å²) in [6, 6.07) is 24.9. The molecule has 1 saturated heterocycles. The van der Waals surface area contributed by atoms with Crippen molar-refractivity contribution in [2.24, 2.45) is 0 Å². The van der Waals surface area contributed by atoms with Crippen molar-refractivity contribution in [1.29, 1.82) is 0 Å². The first-order valence-electron chi connectivity index (χ1n) is 14.2. The zero-order valence-corrected chi connectivity index (χ0v) is 25.2. The highest BCUT2D eigenvalue weighted by atomic mass is 32.2. The zero-order chi connectivity index (χ0) is 29.4. The summed E-state index contributed by atoms with van der Waals surface area (Å²) < 4.78 is 12.4. The Hall–Kier alpha value is -4.17. The average molecular weight is 582 g/mol. The highest BCUT2D eigenvalue weighted by Crippen LogP contribution is 2.50. The molecule has 7 nitrogen and oxygen atoms in total. The van der Waals surface area contributed by atoms with E-state index in [1.165, 1.54) is 0 Å². The van der Waals surface area contributed by atoms with Crippen LogP contribution in [0.1, 0.15) is 44.1 Å². The van der Waals surface area contributed by atoms with Gasteiger partial charge in [0.1, 0.15) is 0 Å². The van der Waals surface area contributed by atoms with Crippen LogP contribution in [-0.4, -0.2) is 64.7 Å². The minimum atomic E-state index is -0.776. The maximum atomic E-state index is 13.5. The van der Waals surface area contributed by atoms with Gasteiger partial charge in [-0.25, -0.2) is 9.59 Å². The quantitative estimate of drug-likeness (QED) is 0.235. The van der Waals surface area contributed by atoms with Crippen molar-refractivity contribution < 1.29 is 19.1 Å². The van der Waals surface area contributed by atoms with Gasteiger partial charge in [0, 0.05) is 86.4 Å². The largest absolute Gasteiger partial charge is 0.449 e. The van der Waals surface area contributed by atoms with Crippen LogP contribution in [0.25, 0.3) is 10.8 Å². The Morgan fingerprint density at radius 1 is 0.690 bits per heavy atom. The highest BCUT2D eigenvalue weighted by molar-refractivity contribution is 7.99. The number of hydrogen-bond acceptors (Lipinski definition) is 8. The Morgan fingerprint density at radius 2 is 1.19 bits per heavy atom. The molecule has 0 bridgehead atoms. The Balaban J connectivity index is 1.37. The Bertz CT molecular complexity index is 1540. The number of ether oxygens (including phenoxy) is 2. The van der Waals surface area contributed by atoms with E-state index in [2.05, 4.69) is 17.0 Å². The van der Waals surface area contributed by atoms with Crippen LogP contribution in [0.2, 0.25) is 0 Å². The van der Waals surface area contributed by atoms with E-state index in [0.717, 1.165) is 63.6 Å². The van der Waals surface area contributed by atoms with Crippen molar-refractivity contribution in [2.45, 2.75) is 12.2 Å². The van der Waals surface area contributed by atoms with Crippen LogP contribution in [-0.2, 0) is 9.47 Å². The van der Waals surface area contributed by atoms with Gasteiger partial charge in [-0.15, -0.1) is 0 Å². The summed E-state index contributed by atoms with van der Waals surface area (Å²) in [5.41, 5.74) is 5.73. The molecule has 0 aromatic heterocycles. The summed E-state index contributed by atoms with van der Waals surface area (Å²) in [5, 5.41) is 2.08. The van der Waals surface area contributed by atoms with Crippen molar-refractivity contribution in [2.75, 3.05) is 67.5 Å². The first-order chi connectivity index (χ1) is 20.3. The predicted molar refractivity (Wildman–Crippen MR) is 171 cm³/mol. The van der Waals surface area contributed by atoms with Crippen LogP contribution in [0, 0.1) is 0 Å². The Kier molecular flexibility index (Phi) is 7.73. The number of thioether (sulfide) groups is 1. The minimum absolute atomic E-state index is 0.444. The summed E-state index contributed by atoms with van der Waals surface area (Å²) in [5.74, 6) is 1.25. The normalized spacial score (nSPS) is 17.7. The van der Waals surface area contributed by atoms with E-state index < -0.39 is 24.1 Å². The van der Waals surface area contributed by atoms with Crippen molar-refractivity contribution in [3.63, 3.8) is 0 Å². The van der Waals surface area contributed by atoms with E-state index in [4.69, 9.17) is 9.47 Å². The lowest BCUT2D eigenvalue weighted by Crippen LogP contribution is -2.32. The summed E-state index contributed by atoms with van der Waals surface area (Å²) in [6.07, 6.45) is -1.55. The fourth-order valence-electron chi connectivity index (χ4n) is 5.74. The SMILES string of the molecule is CN(C)c1ccc(C(=O)O[C@H]2c3cccc4c(N5CCSCC5)ccc(c34)[C@@H]2OC(=O)c2ccc(N(C)C)cc2)cc1. The van der Waals surface area contributed by atoms with Gasteiger partial charge in [-0.2, -0.15) is 11.8 Å². The first-order valence-corrected chi connectivity index (χ1v) is 15.3. The smallest absolute Gasteiger partial charge is 0.338 e. The number of nitrogens with zero attached hydrogens (tertiary/aromatic N) is 3. The van der Waals surface area contributed by atoms with Crippen molar-refractivity contribution >= 4 is 51.5 Å². The van der Waals surface area contributed by atoms with E-state index in [9.17, 15) is 9.59 Å². The lowest BCUT2D eigenvalue weighted by Gasteiger charge is -2.30. The van der Waals surface area contributed by atoms with Crippen LogP contribution in [0.3, 0.4) is 0 Å². The molecule has 1 heterocycles. The Labute approximate surface area is 251 Å². The van der Waals surface area contributed by atoms with Crippen LogP contribution in [0.15, 0.2) is 78.9 Å². The van der Waals surface area contributed by atoms with Crippen molar-refractivity contribution in [3.05, 3.63) is 101 Å². The molecule has 0 radical (unpaired) electrons. The molecule has 0 amide bonds. The van der Waals surface area contributed by atoms with Gasteiger partial charge < -0.3 is 24.2 Å². The molecule has 0 spiro atoms. The number of hydrogen-bond donors (Lipinski definition) is 0. The average Bonchev–Trinajstić information content (AvgIpc) is 3.30. The molecule has 2 atom stereocenters. The molecular weight excluding hydrogens is 546 g/mol. The third-order valence-corrected chi connectivity index (χ3v) is 8.97. The van der Waals surface area contributed by atoms with E-state index >= 15 is 0 Å². The third kappa shape index (κ3) is 5.27. The molecule has 1 aliphatic heterocycles. The van der Waals surface area contributed by atoms with E-state index in [1.807, 2.05) is 92.2 Å². The second-order valence-corrected chi connectivity index (χ2v) is 12.3. The molecular formula is C34H35N3O4S. The zero-order valence-electron chi connectivity index (χ0n) is 24.4. The Morgan fingerprint density at radius 3 is 1.69 bits per heavy atom. The van der Waals surface area contributed by atoms with Crippen LogP contribution in [0.5, 0.6) is 0 Å². The van der Waals surface area contributed by atoms with Gasteiger partial charge in [0.15, 0.2) is 12.2 Å². The van der Waals surface area contributed by atoms with Crippen LogP contribution >= 0.6 is 11.8 Å². The molecule has 42 heavy (non-hydrogen) atoms.